The van der Waals surface area contributed by atoms with Gasteiger partial charge in [0.2, 0.25) is 0 Å². The second-order valence-electron chi connectivity index (χ2n) is 7.66. The lowest BCUT2D eigenvalue weighted by Crippen LogP contribution is -2.38. The normalized spacial score (nSPS) is 34.9. The van der Waals surface area contributed by atoms with Gasteiger partial charge in [0.05, 0.1) is 47.2 Å². The van der Waals surface area contributed by atoms with Gasteiger partial charge in [-0.2, -0.15) is 0 Å². The van der Waals surface area contributed by atoms with Crippen molar-refractivity contribution in [1.82, 2.24) is 10.6 Å². The molecule has 150 valence electrons. The Labute approximate surface area is 161 Å². The van der Waals surface area contributed by atoms with E-state index in [1.54, 1.807) is 24.3 Å². The number of hydrogen-bond acceptors (Lipinski definition) is 6. The highest BCUT2D eigenvalue weighted by Gasteiger charge is 2.50. The summed E-state index contributed by atoms with van der Waals surface area (Å²) in [7, 11) is -6.39. The third-order valence-electron chi connectivity index (χ3n) is 5.77. The molecule has 4 aliphatic rings. The van der Waals surface area contributed by atoms with E-state index in [0.29, 0.717) is 11.4 Å². The summed E-state index contributed by atoms with van der Waals surface area (Å²) in [5.41, 5.74) is 1.06. The predicted molar refractivity (Wildman–Crippen MR) is 101 cm³/mol. The molecule has 4 amide bonds. The van der Waals surface area contributed by atoms with Gasteiger partial charge < -0.3 is 10.6 Å². The van der Waals surface area contributed by atoms with Gasteiger partial charge in [0.15, 0.2) is 19.7 Å². The van der Waals surface area contributed by atoms with E-state index in [9.17, 15) is 26.4 Å². The summed E-state index contributed by atoms with van der Waals surface area (Å²) >= 11 is 0. The molecule has 4 heterocycles. The molecular formula is C16H18N4O6S2. The molecule has 2 N–H and O–H groups in total. The zero-order valence-electron chi connectivity index (χ0n) is 14.6. The van der Waals surface area contributed by atoms with Crippen LogP contribution in [0.2, 0.25) is 0 Å². The molecule has 4 aliphatic heterocycles. The number of amides is 4. The number of carbonyl (C=O) groups is 2. The molecule has 1 aromatic carbocycles. The number of benzene rings is 1. The van der Waals surface area contributed by atoms with Crippen molar-refractivity contribution in [3.8, 4) is 0 Å². The Morgan fingerprint density at radius 2 is 1.04 bits per heavy atom. The first-order chi connectivity index (χ1) is 13.1. The van der Waals surface area contributed by atoms with Crippen molar-refractivity contribution in [1.29, 1.82) is 0 Å². The number of urea groups is 2. The summed E-state index contributed by atoms with van der Waals surface area (Å²) in [4.78, 5) is 27.5. The van der Waals surface area contributed by atoms with Gasteiger partial charge in [-0.1, -0.05) is 0 Å². The van der Waals surface area contributed by atoms with E-state index in [1.165, 1.54) is 9.80 Å². The molecule has 5 rings (SSSR count). The fourth-order valence-electron chi connectivity index (χ4n) is 4.59. The average molecular weight is 426 g/mol. The summed E-state index contributed by atoms with van der Waals surface area (Å²) in [6.45, 7) is 0. The molecular weight excluding hydrogens is 408 g/mol. The van der Waals surface area contributed by atoms with E-state index in [2.05, 4.69) is 10.6 Å². The lowest BCUT2D eigenvalue weighted by molar-refractivity contribution is 0.250. The number of nitrogens with one attached hydrogen (secondary N) is 2. The maximum Gasteiger partial charge on any atom is 0.322 e. The van der Waals surface area contributed by atoms with E-state index in [0.717, 1.165) is 0 Å². The average Bonchev–Trinajstić information content (AvgIpc) is 3.22. The van der Waals surface area contributed by atoms with Crippen molar-refractivity contribution in [2.75, 3.05) is 32.8 Å². The fraction of sp³-hybridized carbons (Fsp3) is 0.500. The molecule has 1 aromatic rings. The van der Waals surface area contributed by atoms with E-state index in [1.807, 2.05) is 0 Å². The summed E-state index contributed by atoms with van der Waals surface area (Å²) in [6, 6.07) is 4.12. The van der Waals surface area contributed by atoms with E-state index in [4.69, 9.17) is 0 Å². The van der Waals surface area contributed by atoms with Crippen LogP contribution in [-0.4, -0.2) is 76.1 Å². The number of anilines is 2. The number of fused-ring (bicyclic) bond motifs is 2. The van der Waals surface area contributed by atoms with Crippen molar-refractivity contribution in [2.24, 2.45) is 0 Å². The van der Waals surface area contributed by atoms with Crippen LogP contribution < -0.4 is 20.4 Å². The zero-order valence-corrected chi connectivity index (χ0v) is 16.2. The summed E-state index contributed by atoms with van der Waals surface area (Å²) in [5, 5.41) is 5.41. The topological polar surface area (TPSA) is 133 Å². The van der Waals surface area contributed by atoms with Gasteiger partial charge in [0, 0.05) is 11.4 Å². The monoisotopic (exact) mass is 426 g/mol. The number of nitrogens with zero attached hydrogens (tertiary/aromatic N) is 2. The number of sulfone groups is 2. The van der Waals surface area contributed by atoms with Gasteiger partial charge in [-0.15, -0.1) is 0 Å². The van der Waals surface area contributed by atoms with Crippen LogP contribution in [0.15, 0.2) is 24.3 Å². The Morgan fingerprint density at radius 1 is 0.679 bits per heavy atom. The van der Waals surface area contributed by atoms with Crippen LogP contribution in [0.5, 0.6) is 0 Å². The summed E-state index contributed by atoms with van der Waals surface area (Å²) in [6.07, 6.45) is 0. The highest BCUT2D eigenvalue weighted by Crippen LogP contribution is 2.33. The smallest absolute Gasteiger partial charge is 0.322 e. The first-order valence-electron chi connectivity index (χ1n) is 8.84. The van der Waals surface area contributed by atoms with Crippen molar-refractivity contribution in [3.05, 3.63) is 24.3 Å². The molecule has 0 aromatic heterocycles. The standard InChI is InChI=1S/C16H18N4O6S2/c21-15-17-11-5-27(23,24)7-13(11)19(15)9-1-2-10(4-3-9)20-14-8-28(25,26)6-12(14)18-16(20)22/h1-4,11-14H,5-8H2,(H,17,21)(H,18,22). The number of hydrogen-bond donors (Lipinski definition) is 2. The minimum atomic E-state index is -3.19. The molecule has 4 atom stereocenters. The van der Waals surface area contributed by atoms with Gasteiger partial charge in [0.25, 0.3) is 0 Å². The molecule has 0 spiro atoms. The van der Waals surface area contributed by atoms with Crippen molar-refractivity contribution >= 4 is 43.1 Å². The molecule has 4 fully saturated rings. The van der Waals surface area contributed by atoms with Gasteiger partial charge >= 0.3 is 12.1 Å². The molecule has 28 heavy (non-hydrogen) atoms. The van der Waals surface area contributed by atoms with E-state index < -0.39 is 43.8 Å². The predicted octanol–water partition coefficient (Wildman–Crippen LogP) is -0.923. The molecule has 0 saturated carbocycles. The Bertz CT molecular complexity index is 998. The van der Waals surface area contributed by atoms with Crippen LogP contribution in [0.4, 0.5) is 21.0 Å². The Balaban J connectivity index is 1.42. The van der Waals surface area contributed by atoms with E-state index in [-0.39, 0.29) is 35.1 Å². The highest BCUT2D eigenvalue weighted by atomic mass is 32.2. The molecule has 4 saturated heterocycles. The van der Waals surface area contributed by atoms with Crippen LogP contribution >= 0.6 is 0 Å². The minimum Gasteiger partial charge on any atom is -0.332 e. The van der Waals surface area contributed by atoms with E-state index >= 15 is 0 Å². The maximum atomic E-state index is 12.3. The molecule has 0 radical (unpaired) electrons. The first kappa shape index (κ1) is 17.7. The summed E-state index contributed by atoms with van der Waals surface area (Å²) in [5.74, 6) is -0.310. The van der Waals surface area contributed by atoms with Crippen LogP contribution in [0.3, 0.4) is 0 Å². The third kappa shape index (κ3) is 2.65. The second kappa shape index (κ2) is 5.60. The lowest BCUT2D eigenvalue weighted by Gasteiger charge is -2.24. The van der Waals surface area contributed by atoms with Crippen LogP contribution in [0.25, 0.3) is 0 Å². The molecule has 10 nitrogen and oxygen atoms in total. The van der Waals surface area contributed by atoms with Gasteiger partial charge in [0.1, 0.15) is 0 Å². The molecule has 4 unspecified atom stereocenters. The Morgan fingerprint density at radius 3 is 1.39 bits per heavy atom. The molecule has 12 heteroatoms. The Kier molecular flexibility index (Phi) is 3.55. The van der Waals surface area contributed by atoms with Crippen LogP contribution in [0.1, 0.15) is 0 Å². The van der Waals surface area contributed by atoms with Crippen LogP contribution in [0, 0.1) is 0 Å². The Hall–Kier alpha value is -2.34. The highest BCUT2D eigenvalue weighted by molar-refractivity contribution is 7.92. The lowest BCUT2D eigenvalue weighted by atomic mass is 10.1. The van der Waals surface area contributed by atoms with Gasteiger partial charge in [-0.3, -0.25) is 9.80 Å². The largest absolute Gasteiger partial charge is 0.332 e. The SMILES string of the molecule is O=C1NC2CS(=O)(=O)CC2N1c1ccc(N2C(=O)NC3CS(=O)(=O)CC32)cc1. The second-order valence-corrected chi connectivity index (χ2v) is 12.0. The minimum absolute atomic E-state index is 0.0660. The fourth-order valence-corrected chi connectivity index (χ4v) is 8.37. The first-order valence-corrected chi connectivity index (χ1v) is 12.5. The third-order valence-corrected chi connectivity index (χ3v) is 9.20. The van der Waals surface area contributed by atoms with Crippen molar-refractivity contribution in [3.63, 3.8) is 0 Å². The maximum absolute atomic E-state index is 12.3. The zero-order chi connectivity index (χ0) is 19.8. The number of rotatable bonds is 2. The quantitative estimate of drug-likeness (QED) is 0.588. The van der Waals surface area contributed by atoms with Crippen molar-refractivity contribution < 1.29 is 26.4 Å². The van der Waals surface area contributed by atoms with Gasteiger partial charge in [-0.05, 0) is 24.3 Å². The number of carbonyl (C=O) groups excluding carboxylic acids is 2. The van der Waals surface area contributed by atoms with Crippen molar-refractivity contribution in [2.45, 2.75) is 24.2 Å². The molecule has 0 aliphatic carbocycles. The van der Waals surface area contributed by atoms with Gasteiger partial charge in [-0.25, -0.2) is 26.4 Å². The summed E-state index contributed by atoms with van der Waals surface area (Å²) < 4.78 is 47.5. The van der Waals surface area contributed by atoms with Crippen LogP contribution in [-0.2, 0) is 19.7 Å². The molecule has 0 bridgehead atoms.